The minimum absolute atomic E-state index is 0.265. The lowest BCUT2D eigenvalue weighted by Crippen LogP contribution is -2.54. The molecule has 2 N–H and O–H groups in total. The fourth-order valence-electron chi connectivity index (χ4n) is 3.52. The van der Waals surface area contributed by atoms with Crippen LogP contribution in [0.1, 0.15) is 26.2 Å². The molecule has 112 valence electrons. The zero-order chi connectivity index (χ0) is 13.7. The Morgan fingerprint density at radius 3 is 2.68 bits per heavy atom. The van der Waals surface area contributed by atoms with Crippen LogP contribution in [0.15, 0.2) is 0 Å². The van der Waals surface area contributed by atoms with Crippen molar-refractivity contribution in [2.24, 2.45) is 11.8 Å². The smallest absolute Gasteiger partial charge is 0.0558 e. The lowest BCUT2D eigenvalue weighted by Gasteiger charge is -2.41. The van der Waals surface area contributed by atoms with Crippen LogP contribution in [0, 0.1) is 11.8 Å². The Labute approximate surface area is 118 Å². The second-order valence-corrected chi connectivity index (χ2v) is 6.51. The van der Waals surface area contributed by atoms with E-state index in [2.05, 4.69) is 29.1 Å². The fraction of sp³-hybridized carbons (Fsp3) is 1.00. The molecule has 0 radical (unpaired) electrons. The summed E-state index contributed by atoms with van der Waals surface area (Å²) in [5.41, 5.74) is 0. The molecule has 2 fully saturated rings. The first kappa shape index (κ1) is 15.2. The van der Waals surface area contributed by atoms with Crippen LogP contribution in [0.2, 0.25) is 0 Å². The molecule has 2 rings (SSSR count). The quantitative estimate of drug-likeness (QED) is 0.767. The molecule has 2 saturated heterocycles. The third-order valence-electron chi connectivity index (χ3n) is 4.98. The molecule has 0 saturated carbocycles. The van der Waals surface area contributed by atoms with Crippen molar-refractivity contribution in [2.75, 3.05) is 52.9 Å². The molecule has 2 atom stereocenters. The molecule has 4 nitrogen and oxygen atoms in total. The first-order valence-electron chi connectivity index (χ1n) is 7.95. The minimum atomic E-state index is 0.265. The highest BCUT2D eigenvalue weighted by Crippen LogP contribution is 2.22. The largest absolute Gasteiger partial charge is 0.395 e. The Bertz CT molecular complexity index is 254. The number of rotatable bonds is 5. The van der Waals surface area contributed by atoms with Gasteiger partial charge in [-0.15, -0.1) is 0 Å². The molecule has 0 aromatic rings. The van der Waals surface area contributed by atoms with Gasteiger partial charge in [-0.3, -0.25) is 4.90 Å². The zero-order valence-corrected chi connectivity index (χ0v) is 12.6. The second-order valence-electron chi connectivity index (χ2n) is 6.51. The van der Waals surface area contributed by atoms with Gasteiger partial charge in [0, 0.05) is 25.7 Å². The summed E-state index contributed by atoms with van der Waals surface area (Å²) in [6.07, 6.45) is 4.00. The van der Waals surface area contributed by atoms with Gasteiger partial charge in [-0.05, 0) is 57.8 Å². The maximum absolute atomic E-state index is 9.13. The van der Waals surface area contributed by atoms with E-state index in [9.17, 15) is 0 Å². The third kappa shape index (κ3) is 4.42. The summed E-state index contributed by atoms with van der Waals surface area (Å²) in [6, 6.07) is 0.584. The van der Waals surface area contributed by atoms with Crippen molar-refractivity contribution in [3.8, 4) is 0 Å². The molecule has 0 bridgehead atoms. The van der Waals surface area contributed by atoms with E-state index in [-0.39, 0.29) is 6.61 Å². The molecule has 19 heavy (non-hydrogen) atoms. The van der Waals surface area contributed by atoms with E-state index in [0.29, 0.717) is 6.04 Å². The van der Waals surface area contributed by atoms with E-state index in [1.165, 1.54) is 38.9 Å². The maximum atomic E-state index is 9.13. The number of piperidine rings is 2. The highest BCUT2D eigenvalue weighted by Gasteiger charge is 2.30. The van der Waals surface area contributed by atoms with Crippen LogP contribution < -0.4 is 5.32 Å². The van der Waals surface area contributed by atoms with Crippen LogP contribution in [-0.2, 0) is 0 Å². The first-order valence-corrected chi connectivity index (χ1v) is 7.95. The average molecular weight is 269 g/mol. The Morgan fingerprint density at radius 2 is 2.00 bits per heavy atom. The molecule has 0 aromatic heterocycles. The van der Waals surface area contributed by atoms with E-state index in [4.69, 9.17) is 5.11 Å². The predicted molar refractivity (Wildman–Crippen MR) is 79.3 cm³/mol. The van der Waals surface area contributed by atoms with Gasteiger partial charge in [0.1, 0.15) is 0 Å². The summed E-state index contributed by atoms with van der Waals surface area (Å²) in [4.78, 5) is 5.00. The van der Waals surface area contributed by atoms with E-state index >= 15 is 0 Å². The van der Waals surface area contributed by atoms with Crippen molar-refractivity contribution in [3.63, 3.8) is 0 Å². The normalized spacial score (nSPS) is 30.9. The molecule has 2 unspecified atom stereocenters. The van der Waals surface area contributed by atoms with Gasteiger partial charge in [-0.1, -0.05) is 6.92 Å². The van der Waals surface area contributed by atoms with Crippen LogP contribution in [-0.4, -0.2) is 73.9 Å². The van der Waals surface area contributed by atoms with Gasteiger partial charge in [-0.2, -0.15) is 0 Å². The standard InChI is InChI=1S/C15H31N3O/c1-13-4-7-18(8-5-13)12-14-3-6-16-11-15(14)17(2)9-10-19/h13-16,19H,3-12H2,1-2H3. The number of aliphatic hydroxyl groups excluding tert-OH is 1. The number of nitrogens with one attached hydrogen (secondary N) is 1. The lowest BCUT2D eigenvalue weighted by atomic mass is 9.89. The summed E-state index contributed by atoms with van der Waals surface area (Å²) in [5, 5.41) is 12.6. The molecule has 0 amide bonds. The molecule has 2 aliphatic heterocycles. The highest BCUT2D eigenvalue weighted by atomic mass is 16.3. The van der Waals surface area contributed by atoms with Gasteiger partial charge >= 0.3 is 0 Å². The number of likely N-dealkylation sites (N-methyl/N-ethyl adjacent to an activating group) is 1. The molecule has 2 heterocycles. The summed E-state index contributed by atoms with van der Waals surface area (Å²) >= 11 is 0. The Balaban J connectivity index is 1.85. The zero-order valence-electron chi connectivity index (χ0n) is 12.6. The minimum Gasteiger partial charge on any atom is -0.395 e. The number of nitrogens with zero attached hydrogens (tertiary/aromatic N) is 2. The van der Waals surface area contributed by atoms with Crippen molar-refractivity contribution in [1.82, 2.24) is 15.1 Å². The number of aliphatic hydroxyl groups is 1. The lowest BCUT2D eigenvalue weighted by molar-refractivity contribution is 0.0787. The van der Waals surface area contributed by atoms with Crippen LogP contribution >= 0.6 is 0 Å². The summed E-state index contributed by atoms with van der Waals surface area (Å²) in [5.74, 6) is 1.67. The summed E-state index contributed by atoms with van der Waals surface area (Å²) < 4.78 is 0. The predicted octanol–water partition coefficient (Wildman–Crippen LogP) is 0.621. The molecule has 2 aliphatic rings. The molecular weight excluding hydrogens is 238 g/mol. The second kappa shape index (κ2) is 7.58. The van der Waals surface area contributed by atoms with E-state index in [0.717, 1.165) is 31.5 Å². The molecule has 0 aliphatic carbocycles. The van der Waals surface area contributed by atoms with Crippen LogP contribution in [0.25, 0.3) is 0 Å². The molecule has 0 aromatic carbocycles. The molecular formula is C15H31N3O. The fourth-order valence-corrected chi connectivity index (χ4v) is 3.52. The Hall–Kier alpha value is -0.160. The van der Waals surface area contributed by atoms with Gasteiger partial charge in [-0.25, -0.2) is 0 Å². The van der Waals surface area contributed by atoms with Crippen molar-refractivity contribution in [1.29, 1.82) is 0 Å². The van der Waals surface area contributed by atoms with Crippen molar-refractivity contribution >= 4 is 0 Å². The third-order valence-corrected chi connectivity index (χ3v) is 4.98. The number of hydrogen-bond donors (Lipinski definition) is 2. The summed E-state index contributed by atoms with van der Waals surface area (Å²) in [6.45, 7) is 9.46. The number of hydrogen-bond acceptors (Lipinski definition) is 4. The van der Waals surface area contributed by atoms with Crippen molar-refractivity contribution in [3.05, 3.63) is 0 Å². The van der Waals surface area contributed by atoms with Crippen LogP contribution in [0.3, 0.4) is 0 Å². The molecule has 0 spiro atoms. The van der Waals surface area contributed by atoms with E-state index in [1.807, 2.05) is 0 Å². The van der Waals surface area contributed by atoms with Crippen molar-refractivity contribution in [2.45, 2.75) is 32.2 Å². The first-order chi connectivity index (χ1) is 9.20. The van der Waals surface area contributed by atoms with E-state index < -0.39 is 0 Å². The van der Waals surface area contributed by atoms with Gasteiger partial charge < -0.3 is 15.3 Å². The Kier molecular flexibility index (Phi) is 6.07. The van der Waals surface area contributed by atoms with Gasteiger partial charge in [0.2, 0.25) is 0 Å². The van der Waals surface area contributed by atoms with Gasteiger partial charge in [0.05, 0.1) is 6.61 Å². The van der Waals surface area contributed by atoms with Crippen LogP contribution in [0.4, 0.5) is 0 Å². The van der Waals surface area contributed by atoms with Crippen molar-refractivity contribution < 1.29 is 5.11 Å². The molecule has 4 heteroatoms. The van der Waals surface area contributed by atoms with E-state index in [1.54, 1.807) is 0 Å². The average Bonchev–Trinajstić information content (AvgIpc) is 2.42. The number of likely N-dealkylation sites (tertiary alicyclic amines) is 1. The topological polar surface area (TPSA) is 38.7 Å². The van der Waals surface area contributed by atoms with Gasteiger partial charge in [0.25, 0.3) is 0 Å². The SMILES string of the molecule is CC1CCN(CC2CCNCC2N(C)CCO)CC1. The van der Waals surface area contributed by atoms with Gasteiger partial charge in [0.15, 0.2) is 0 Å². The highest BCUT2D eigenvalue weighted by molar-refractivity contribution is 4.87. The maximum Gasteiger partial charge on any atom is 0.0558 e. The monoisotopic (exact) mass is 269 g/mol. The summed E-state index contributed by atoms with van der Waals surface area (Å²) in [7, 11) is 2.15. The Morgan fingerprint density at radius 1 is 1.26 bits per heavy atom. The van der Waals surface area contributed by atoms with Crippen LogP contribution in [0.5, 0.6) is 0 Å².